The van der Waals surface area contributed by atoms with Crippen molar-refractivity contribution >= 4 is 5.69 Å². The van der Waals surface area contributed by atoms with Crippen molar-refractivity contribution in [2.45, 2.75) is 12.5 Å². The standard InChI is InChI=1S/C19H21NO4/c1-2-5-14-6-3-4-7-17(14)22-12-16(21)11-20-15-8-9-18-19(10-15)24-13-23-18/h2-4,6-10,16,20-21H,1,5,11-13H2. The van der Waals surface area contributed by atoms with E-state index in [4.69, 9.17) is 14.2 Å². The monoisotopic (exact) mass is 327 g/mol. The molecule has 0 amide bonds. The smallest absolute Gasteiger partial charge is 0.231 e. The zero-order valence-corrected chi connectivity index (χ0v) is 13.4. The quantitative estimate of drug-likeness (QED) is 0.730. The van der Waals surface area contributed by atoms with Crippen LogP contribution in [0.15, 0.2) is 55.1 Å². The highest BCUT2D eigenvalue weighted by atomic mass is 16.7. The molecule has 0 saturated heterocycles. The SMILES string of the molecule is C=CCc1ccccc1OCC(O)CNc1ccc2c(c1)OCO2. The van der Waals surface area contributed by atoms with E-state index in [1.54, 1.807) is 0 Å². The average molecular weight is 327 g/mol. The summed E-state index contributed by atoms with van der Waals surface area (Å²) in [4.78, 5) is 0. The molecule has 0 saturated carbocycles. The molecule has 1 atom stereocenters. The topological polar surface area (TPSA) is 60.0 Å². The summed E-state index contributed by atoms with van der Waals surface area (Å²) < 4.78 is 16.3. The Morgan fingerprint density at radius 3 is 2.92 bits per heavy atom. The predicted octanol–water partition coefficient (Wildman–Crippen LogP) is 3.00. The molecule has 2 aromatic rings. The first kappa shape index (κ1) is 16.2. The lowest BCUT2D eigenvalue weighted by atomic mass is 10.1. The van der Waals surface area contributed by atoms with Crippen molar-refractivity contribution in [1.29, 1.82) is 0 Å². The fourth-order valence-corrected chi connectivity index (χ4v) is 2.46. The number of fused-ring (bicyclic) bond motifs is 1. The first-order chi connectivity index (χ1) is 11.8. The van der Waals surface area contributed by atoms with E-state index in [-0.39, 0.29) is 13.4 Å². The lowest BCUT2D eigenvalue weighted by Crippen LogP contribution is -2.26. The predicted molar refractivity (Wildman–Crippen MR) is 92.9 cm³/mol. The number of aliphatic hydroxyl groups is 1. The average Bonchev–Trinajstić information content (AvgIpc) is 3.07. The van der Waals surface area contributed by atoms with Crippen molar-refractivity contribution < 1.29 is 19.3 Å². The molecule has 1 heterocycles. The van der Waals surface area contributed by atoms with E-state index in [0.29, 0.717) is 12.3 Å². The highest BCUT2D eigenvalue weighted by Crippen LogP contribution is 2.34. The van der Waals surface area contributed by atoms with E-state index >= 15 is 0 Å². The molecule has 5 nitrogen and oxygen atoms in total. The molecule has 0 fully saturated rings. The summed E-state index contributed by atoms with van der Waals surface area (Å²) >= 11 is 0. The molecule has 0 aliphatic carbocycles. The van der Waals surface area contributed by atoms with E-state index in [1.807, 2.05) is 48.5 Å². The fourth-order valence-electron chi connectivity index (χ4n) is 2.46. The third-order valence-corrected chi connectivity index (χ3v) is 3.68. The van der Waals surface area contributed by atoms with Crippen LogP contribution in [0, 0.1) is 0 Å². The van der Waals surface area contributed by atoms with Gasteiger partial charge in [0.15, 0.2) is 11.5 Å². The zero-order valence-electron chi connectivity index (χ0n) is 13.4. The summed E-state index contributed by atoms with van der Waals surface area (Å²) in [6.45, 7) is 4.59. The minimum atomic E-state index is -0.632. The minimum Gasteiger partial charge on any atom is -0.491 e. The van der Waals surface area contributed by atoms with Crippen LogP contribution in [0.5, 0.6) is 17.2 Å². The third kappa shape index (κ3) is 4.00. The molecule has 3 rings (SSSR count). The van der Waals surface area contributed by atoms with Crippen molar-refractivity contribution in [1.82, 2.24) is 0 Å². The van der Waals surface area contributed by atoms with Gasteiger partial charge < -0.3 is 24.6 Å². The highest BCUT2D eigenvalue weighted by Gasteiger charge is 2.14. The normalized spacial score (nSPS) is 13.4. The maximum Gasteiger partial charge on any atom is 0.231 e. The molecule has 1 aliphatic rings. The van der Waals surface area contributed by atoms with Gasteiger partial charge in [0, 0.05) is 18.3 Å². The Balaban J connectivity index is 1.49. The second-order valence-electron chi connectivity index (χ2n) is 5.51. The molecule has 0 radical (unpaired) electrons. The third-order valence-electron chi connectivity index (χ3n) is 3.68. The van der Waals surface area contributed by atoms with Crippen LogP contribution >= 0.6 is 0 Å². The first-order valence-corrected chi connectivity index (χ1v) is 7.89. The molecule has 0 spiro atoms. The van der Waals surface area contributed by atoms with Gasteiger partial charge in [-0.3, -0.25) is 0 Å². The molecule has 5 heteroatoms. The van der Waals surface area contributed by atoms with Gasteiger partial charge in [-0.15, -0.1) is 6.58 Å². The summed E-state index contributed by atoms with van der Waals surface area (Å²) in [6, 6.07) is 13.4. The maximum atomic E-state index is 10.1. The van der Waals surface area contributed by atoms with E-state index in [9.17, 15) is 5.11 Å². The number of anilines is 1. The van der Waals surface area contributed by atoms with Crippen molar-refractivity contribution in [3.05, 3.63) is 60.7 Å². The summed E-state index contributed by atoms with van der Waals surface area (Å²) in [7, 11) is 0. The van der Waals surface area contributed by atoms with Crippen LogP contribution < -0.4 is 19.5 Å². The van der Waals surface area contributed by atoms with Gasteiger partial charge in [0.2, 0.25) is 6.79 Å². The number of benzene rings is 2. The number of allylic oxidation sites excluding steroid dienone is 1. The summed E-state index contributed by atoms with van der Waals surface area (Å²) in [5.41, 5.74) is 1.92. The Bertz CT molecular complexity index is 702. The second kappa shape index (κ2) is 7.75. The summed E-state index contributed by atoms with van der Waals surface area (Å²) in [5.74, 6) is 2.23. The van der Waals surface area contributed by atoms with Gasteiger partial charge in [-0.25, -0.2) is 0 Å². The largest absolute Gasteiger partial charge is 0.491 e. The number of hydrogen-bond donors (Lipinski definition) is 2. The molecular formula is C19H21NO4. The number of aliphatic hydroxyl groups excluding tert-OH is 1. The van der Waals surface area contributed by atoms with Crippen LogP contribution in [0.2, 0.25) is 0 Å². The van der Waals surface area contributed by atoms with E-state index in [0.717, 1.165) is 29.2 Å². The zero-order chi connectivity index (χ0) is 16.8. The van der Waals surface area contributed by atoms with Crippen molar-refractivity contribution in [3.8, 4) is 17.2 Å². The molecule has 1 unspecified atom stereocenters. The highest BCUT2D eigenvalue weighted by molar-refractivity contribution is 5.55. The molecule has 0 bridgehead atoms. The van der Waals surface area contributed by atoms with E-state index in [2.05, 4.69) is 11.9 Å². The maximum absolute atomic E-state index is 10.1. The van der Waals surface area contributed by atoms with Crippen molar-refractivity contribution in [3.63, 3.8) is 0 Å². The van der Waals surface area contributed by atoms with Crippen molar-refractivity contribution in [2.24, 2.45) is 0 Å². The fraction of sp³-hybridized carbons (Fsp3) is 0.263. The Morgan fingerprint density at radius 2 is 2.04 bits per heavy atom. The Morgan fingerprint density at radius 1 is 1.21 bits per heavy atom. The van der Waals surface area contributed by atoms with Crippen LogP contribution in [-0.4, -0.2) is 31.2 Å². The second-order valence-corrected chi connectivity index (χ2v) is 5.51. The van der Waals surface area contributed by atoms with Gasteiger partial charge >= 0.3 is 0 Å². The van der Waals surface area contributed by atoms with Crippen LogP contribution in [0.3, 0.4) is 0 Å². The van der Waals surface area contributed by atoms with Gasteiger partial charge in [0.05, 0.1) is 0 Å². The van der Waals surface area contributed by atoms with Crippen LogP contribution in [0.4, 0.5) is 5.69 Å². The Labute approximate surface area is 141 Å². The number of para-hydroxylation sites is 1. The Kier molecular flexibility index (Phi) is 5.23. The molecule has 126 valence electrons. The van der Waals surface area contributed by atoms with Crippen LogP contribution in [0.1, 0.15) is 5.56 Å². The molecule has 24 heavy (non-hydrogen) atoms. The number of rotatable bonds is 8. The molecular weight excluding hydrogens is 306 g/mol. The van der Waals surface area contributed by atoms with E-state index < -0.39 is 6.10 Å². The number of nitrogens with one attached hydrogen (secondary N) is 1. The van der Waals surface area contributed by atoms with Gasteiger partial charge in [-0.05, 0) is 30.2 Å². The van der Waals surface area contributed by atoms with E-state index in [1.165, 1.54) is 0 Å². The van der Waals surface area contributed by atoms with Gasteiger partial charge in [0.1, 0.15) is 18.5 Å². The van der Waals surface area contributed by atoms with Gasteiger partial charge in [-0.1, -0.05) is 24.3 Å². The minimum absolute atomic E-state index is 0.214. The molecule has 2 N–H and O–H groups in total. The summed E-state index contributed by atoms with van der Waals surface area (Å²) in [6.07, 6.45) is 1.94. The first-order valence-electron chi connectivity index (χ1n) is 7.89. The Hall–Kier alpha value is -2.66. The molecule has 0 aromatic heterocycles. The lowest BCUT2D eigenvalue weighted by Gasteiger charge is -2.16. The molecule has 2 aromatic carbocycles. The van der Waals surface area contributed by atoms with Gasteiger partial charge in [0.25, 0.3) is 0 Å². The number of ether oxygens (including phenoxy) is 3. The van der Waals surface area contributed by atoms with Crippen LogP contribution in [0.25, 0.3) is 0 Å². The number of hydrogen-bond acceptors (Lipinski definition) is 5. The summed E-state index contributed by atoms with van der Waals surface area (Å²) in [5, 5.41) is 13.3. The van der Waals surface area contributed by atoms with Gasteiger partial charge in [-0.2, -0.15) is 0 Å². The molecule has 1 aliphatic heterocycles. The van der Waals surface area contributed by atoms with Crippen LogP contribution in [-0.2, 0) is 6.42 Å². The lowest BCUT2D eigenvalue weighted by molar-refractivity contribution is 0.117. The van der Waals surface area contributed by atoms with Crippen molar-refractivity contribution in [2.75, 3.05) is 25.3 Å².